The van der Waals surface area contributed by atoms with Crippen molar-refractivity contribution in [3.8, 4) is 5.75 Å². The van der Waals surface area contributed by atoms with E-state index in [-0.39, 0.29) is 22.1 Å². The Bertz CT molecular complexity index is 505. The molecule has 0 aromatic heterocycles. The molecule has 1 saturated carbocycles. The average Bonchev–Trinajstić information content (AvgIpc) is 2.33. The number of phenols is 1. The first-order valence-corrected chi connectivity index (χ1v) is 6.85. The number of hydrogen-bond donors (Lipinski definition) is 2. The molecule has 1 aliphatic rings. The topological polar surface area (TPSA) is 57.5 Å². The van der Waals surface area contributed by atoms with Crippen molar-refractivity contribution in [3.05, 3.63) is 29.3 Å². The molecule has 1 aromatic rings. The Hall–Kier alpha value is -1.51. The summed E-state index contributed by atoms with van der Waals surface area (Å²) in [5.41, 5.74) is 1.12. The maximum Gasteiger partial charge on any atom is 0.339 e. The molecule has 3 nitrogen and oxygen atoms in total. The summed E-state index contributed by atoms with van der Waals surface area (Å²) in [6.07, 6.45) is 4.60. The lowest BCUT2D eigenvalue weighted by Crippen LogP contribution is -2.42. The number of carboxylic acid groups (broad SMARTS) is 1. The molecule has 0 bridgehead atoms. The van der Waals surface area contributed by atoms with E-state index >= 15 is 0 Å². The van der Waals surface area contributed by atoms with E-state index in [0.29, 0.717) is 0 Å². The van der Waals surface area contributed by atoms with Crippen molar-refractivity contribution in [2.45, 2.75) is 51.9 Å². The van der Waals surface area contributed by atoms with Crippen molar-refractivity contribution in [1.29, 1.82) is 0 Å². The van der Waals surface area contributed by atoms with E-state index in [0.717, 1.165) is 18.4 Å². The van der Waals surface area contributed by atoms with Crippen LogP contribution in [0.3, 0.4) is 0 Å². The maximum atomic E-state index is 11.2. The zero-order chi connectivity index (χ0) is 14.3. The first kappa shape index (κ1) is 13.9. The van der Waals surface area contributed by atoms with Crippen molar-refractivity contribution in [2.75, 3.05) is 0 Å². The van der Waals surface area contributed by atoms with E-state index < -0.39 is 5.97 Å². The monoisotopic (exact) mass is 262 g/mol. The molecule has 104 valence electrons. The lowest BCUT2D eigenvalue weighted by atomic mass is 9.56. The summed E-state index contributed by atoms with van der Waals surface area (Å²) in [5, 5.41) is 18.8. The van der Waals surface area contributed by atoms with Crippen LogP contribution in [0.1, 0.15) is 62.4 Å². The van der Waals surface area contributed by atoms with Gasteiger partial charge in [-0.05, 0) is 41.4 Å². The summed E-state index contributed by atoms with van der Waals surface area (Å²) in [5.74, 6) is -1.23. The van der Waals surface area contributed by atoms with Gasteiger partial charge in [-0.15, -0.1) is 0 Å². The fraction of sp³-hybridized carbons (Fsp3) is 0.562. The van der Waals surface area contributed by atoms with Gasteiger partial charge in [0, 0.05) is 0 Å². The van der Waals surface area contributed by atoms with Crippen LogP contribution in [0.2, 0.25) is 0 Å². The van der Waals surface area contributed by atoms with Crippen LogP contribution in [-0.4, -0.2) is 16.2 Å². The summed E-state index contributed by atoms with van der Waals surface area (Å²) in [7, 11) is 0. The van der Waals surface area contributed by atoms with Gasteiger partial charge in [0.2, 0.25) is 0 Å². The van der Waals surface area contributed by atoms with Crippen LogP contribution in [0.15, 0.2) is 18.2 Å². The molecule has 0 spiro atoms. The molecule has 1 atom stereocenters. The highest BCUT2D eigenvalue weighted by Gasteiger charge is 2.44. The second kappa shape index (κ2) is 4.55. The van der Waals surface area contributed by atoms with Crippen molar-refractivity contribution in [1.82, 2.24) is 0 Å². The summed E-state index contributed by atoms with van der Waals surface area (Å²) in [4.78, 5) is 11.2. The number of carboxylic acids is 1. The number of aromatic carboxylic acids is 1. The smallest absolute Gasteiger partial charge is 0.339 e. The molecule has 1 fully saturated rings. The Morgan fingerprint density at radius 1 is 1.16 bits per heavy atom. The van der Waals surface area contributed by atoms with E-state index in [4.69, 9.17) is 5.11 Å². The van der Waals surface area contributed by atoms with Crippen molar-refractivity contribution in [2.24, 2.45) is 5.41 Å². The Kier molecular flexibility index (Phi) is 3.33. The Morgan fingerprint density at radius 3 is 2.37 bits per heavy atom. The van der Waals surface area contributed by atoms with Gasteiger partial charge in [-0.1, -0.05) is 39.7 Å². The molecule has 1 unspecified atom stereocenters. The molecule has 2 N–H and O–H groups in total. The van der Waals surface area contributed by atoms with Gasteiger partial charge in [0.15, 0.2) is 0 Å². The van der Waals surface area contributed by atoms with Crippen LogP contribution >= 0.6 is 0 Å². The molecule has 2 rings (SSSR count). The van der Waals surface area contributed by atoms with E-state index in [9.17, 15) is 9.90 Å². The number of carbonyl (C=O) groups is 1. The zero-order valence-corrected chi connectivity index (χ0v) is 11.9. The Labute approximate surface area is 114 Å². The zero-order valence-electron chi connectivity index (χ0n) is 11.9. The van der Waals surface area contributed by atoms with E-state index in [1.165, 1.54) is 18.9 Å². The highest BCUT2D eigenvalue weighted by Crippen LogP contribution is 2.52. The predicted molar refractivity (Wildman–Crippen MR) is 74.7 cm³/mol. The highest BCUT2D eigenvalue weighted by molar-refractivity contribution is 5.91. The molecule has 0 amide bonds. The Morgan fingerprint density at radius 2 is 1.79 bits per heavy atom. The van der Waals surface area contributed by atoms with E-state index in [2.05, 4.69) is 20.8 Å². The summed E-state index contributed by atoms with van der Waals surface area (Å²) < 4.78 is 0. The van der Waals surface area contributed by atoms with Crippen LogP contribution < -0.4 is 0 Å². The van der Waals surface area contributed by atoms with Gasteiger partial charge in [-0.2, -0.15) is 0 Å². The molecular weight excluding hydrogens is 240 g/mol. The minimum atomic E-state index is -1.07. The molecule has 19 heavy (non-hydrogen) atoms. The molecule has 0 radical (unpaired) electrons. The van der Waals surface area contributed by atoms with Gasteiger partial charge in [0.25, 0.3) is 0 Å². The number of hydrogen-bond acceptors (Lipinski definition) is 2. The molecule has 3 heteroatoms. The van der Waals surface area contributed by atoms with E-state index in [1.807, 2.05) is 6.07 Å². The van der Waals surface area contributed by atoms with Gasteiger partial charge in [-0.25, -0.2) is 4.79 Å². The van der Waals surface area contributed by atoms with Gasteiger partial charge in [0.1, 0.15) is 11.3 Å². The summed E-state index contributed by atoms with van der Waals surface area (Å²) in [6, 6.07) is 5.02. The van der Waals surface area contributed by atoms with Crippen LogP contribution in [0.25, 0.3) is 0 Å². The van der Waals surface area contributed by atoms with Crippen LogP contribution in [0.5, 0.6) is 5.75 Å². The van der Waals surface area contributed by atoms with Gasteiger partial charge < -0.3 is 10.2 Å². The van der Waals surface area contributed by atoms with Crippen molar-refractivity contribution >= 4 is 5.97 Å². The van der Waals surface area contributed by atoms with Gasteiger partial charge >= 0.3 is 5.97 Å². The summed E-state index contributed by atoms with van der Waals surface area (Å²) in [6.45, 7) is 6.71. The number of aromatic hydroxyl groups is 1. The third-order valence-corrected chi connectivity index (χ3v) is 5.09. The molecule has 0 aliphatic heterocycles. The maximum absolute atomic E-state index is 11.2. The van der Waals surface area contributed by atoms with Crippen molar-refractivity contribution < 1.29 is 15.0 Å². The number of benzene rings is 1. The second-order valence-electron chi connectivity index (χ2n) is 6.46. The second-order valence-corrected chi connectivity index (χ2v) is 6.46. The molecule has 1 aromatic carbocycles. The summed E-state index contributed by atoms with van der Waals surface area (Å²) >= 11 is 0. The van der Waals surface area contributed by atoms with E-state index in [1.54, 1.807) is 6.07 Å². The largest absolute Gasteiger partial charge is 0.507 e. The third kappa shape index (κ3) is 2.22. The normalized spacial score (nSPS) is 26.1. The van der Waals surface area contributed by atoms with Crippen LogP contribution in [-0.2, 0) is 5.41 Å². The lowest BCUT2D eigenvalue weighted by molar-refractivity contribution is 0.0692. The fourth-order valence-corrected chi connectivity index (χ4v) is 3.25. The SMILES string of the molecule is CC1(C)CCCCC1(C)c1ccc(O)c(C(=O)O)c1. The average molecular weight is 262 g/mol. The first-order valence-electron chi connectivity index (χ1n) is 6.85. The molecular formula is C16H22O3. The van der Waals surface area contributed by atoms with Crippen molar-refractivity contribution in [3.63, 3.8) is 0 Å². The minimum absolute atomic E-state index is 0.0000912. The standard InChI is InChI=1S/C16H22O3/c1-15(2)8-4-5-9-16(15,3)11-6-7-13(17)12(10-11)14(18)19/h6-7,10,17H,4-5,8-9H2,1-3H3,(H,18,19). The van der Waals surface area contributed by atoms with Crippen LogP contribution in [0, 0.1) is 5.41 Å². The fourth-order valence-electron chi connectivity index (χ4n) is 3.25. The third-order valence-electron chi connectivity index (χ3n) is 5.09. The predicted octanol–water partition coefficient (Wildman–Crippen LogP) is 3.95. The molecule has 0 heterocycles. The van der Waals surface area contributed by atoms with Gasteiger partial charge in [-0.3, -0.25) is 0 Å². The van der Waals surface area contributed by atoms with Gasteiger partial charge in [0.05, 0.1) is 0 Å². The molecule has 0 saturated heterocycles. The number of rotatable bonds is 2. The lowest BCUT2D eigenvalue weighted by Gasteiger charge is -2.48. The highest BCUT2D eigenvalue weighted by atomic mass is 16.4. The molecule has 1 aliphatic carbocycles. The first-order chi connectivity index (χ1) is 8.78. The Balaban J connectivity index is 2.51. The quantitative estimate of drug-likeness (QED) is 0.848. The minimum Gasteiger partial charge on any atom is -0.507 e. The van der Waals surface area contributed by atoms with Crippen LogP contribution in [0.4, 0.5) is 0 Å².